The SMILES string of the molecule is CN(Cc1cccc(N2CCOCC2)c1)[C@H]1C[C@@H]2CN(C(=O)n3cc(Cl)cn3)C[C@@H]2C1. The zero-order chi connectivity index (χ0) is 21.4. The summed E-state index contributed by atoms with van der Waals surface area (Å²) in [4.78, 5) is 19.5. The molecular formula is C23H30ClN5O2. The van der Waals surface area contributed by atoms with Gasteiger partial charge in [0, 0.05) is 44.5 Å². The minimum Gasteiger partial charge on any atom is -0.378 e. The van der Waals surface area contributed by atoms with Crippen molar-refractivity contribution in [1.82, 2.24) is 19.6 Å². The van der Waals surface area contributed by atoms with Crippen molar-refractivity contribution in [3.63, 3.8) is 0 Å². The molecule has 2 aromatic rings. The molecular weight excluding hydrogens is 414 g/mol. The number of ether oxygens (including phenoxy) is 1. The Kier molecular flexibility index (Phi) is 5.91. The van der Waals surface area contributed by atoms with Crippen molar-refractivity contribution in [3.8, 4) is 0 Å². The molecule has 3 atom stereocenters. The lowest BCUT2D eigenvalue weighted by Crippen LogP contribution is -2.36. The molecule has 3 aliphatic rings. The third-order valence-corrected chi connectivity index (χ3v) is 7.28. The van der Waals surface area contributed by atoms with Crippen LogP contribution < -0.4 is 4.90 Å². The van der Waals surface area contributed by atoms with Crippen LogP contribution in [0.1, 0.15) is 18.4 Å². The lowest BCUT2D eigenvalue weighted by molar-refractivity contribution is 0.122. The molecule has 0 radical (unpaired) electrons. The molecule has 5 rings (SSSR count). The molecule has 1 amide bonds. The van der Waals surface area contributed by atoms with Gasteiger partial charge in [-0.2, -0.15) is 9.78 Å². The number of hydrogen-bond donors (Lipinski definition) is 0. The fourth-order valence-electron chi connectivity index (χ4n) is 5.42. The highest BCUT2D eigenvalue weighted by atomic mass is 35.5. The zero-order valence-electron chi connectivity index (χ0n) is 18.0. The first-order chi connectivity index (χ1) is 15.1. The second-order valence-corrected chi connectivity index (χ2v) is 9.56. The number of nitrogens with zero attached hydrogens (tertiary/aromatic N) is 5. The van der Waals surface area contributed by atoms with Crippen molar-refractivity contribution in [1.29, 1.82) is 0 Å². The number of anilines is 1. The summed E-state index contributed by atoms with van der Waals surface area (Å²) in [5.41, 5.74) is 2.65. The molecule has 0 N–H and O–H groups in total. The summed E-state index contributed by atoms with van der Waals surface area (Å²) in [5.74, 6) is 1.14. The smallest absolute Gasteiger partial charge is 0.344 e. The summed E-state index contributed by atoms with van der Waals surface area (Å²) in [5, 5.41) is 4.55. The van der Waals surface area contributed by atoms with Crippen molar-refractivity contribution < 1.29 is 9.53 Å². The van der Waals surface area contributed by atoms with Crippen LogP contribution in [0, 0.1) is 11.8 Å². The van der Waals surface area contributed by atoms with Crippen molar-refractivity contribution in [2.75, 3.05) is 51.3 Å². The maximum absolute atomic E-state index is 12.7. The number of benzene rings is 1. The number of halogens is 1. The van der Waals surface area contributed by atoms with Crippen LogP contribution in [0.5, 0.6) is 0 Å². The van der Waals surface area contributed by atoms with Gasteiger partial charge < -0.3 is 14.5 Å². The normalized spacial score (nSPS) is 26.0. The second-order valence-electron chi connectivity index (χ2n) is 9.12. The molecule has 1 aromatic heterocycles. The van der Waals surface area contributed by atoms with Gasteiger partial charge in [0.05, 0.1) is 30.6 Å². The van der Waals surface area contributed by atoms with Gasteiger partial charge in [-0.1, -0.05) is 23.7 Å². The molecule has 1 saturated carbocycles. The molecule has 3 fully saturated rings. The summed E-state index contributed by atoms with van der Waals surface area (Å²) < 4.78 is 6.84. The Bertz CT molecular complexity index is 914. The first-order valence-electron chi connectivity index (χ1n) is 11.2. The highest BCUT2D eigenvalue weighted by molar-refractivity contribution is 6.30. The van der Waals surface area contributed by atoms with E-state index in [9.17, 15) is 4.79 Å². The third-order valence-electron chi connectivity index (χ3n) is 7.09. The number of rotatable bonds is 4. The first-order valence-corrected chi connectivity index (χ1v) is 11.6. The van der Waals surface area contributed by atoms with Gasteiger partial charge in [-0.25, -0.2) is 4.79 Å². The lowest BCUT2D eigenvalue weighted by atomic mass is 10.0. The third kappa shape index (κ3) is 4.45. The van der Waals surface area contributed by atoms with Crippen molar-refractivity contribution >= 4 is 23.3 Å². The molecule has 0 spiro atoms. The average molecular weight is 444 g/mol. The number of carbonyl (C=O) groups excluding carboxylic acids is 1. The quantitative estimate of drug-likeness (QED) is 0.726. The predicted molar refractivity (Wildman–Crippen MR) is 121 cm³/mol. The number of hydrogen-bond acceptors (Lipinski definition) is 5. The summed E-state index contributed by atoms with van der Waals surface area (Å²) in [6.45, 7) is 6.13. The van der Waals surface area contributed by atoms with E-state index in [1.165, 1.54) is 22.1 Å². The van der Waals surface area contributed by atoms with Crippen LogP contribution in [-0.4, -0.2) is 78.1 Å². The molecule has 2 aliphatic heterocycles. The standard InChI is InChI=1S/C23H30ClN5O2/c1-26(13-17-3-2-4-21(9-17)27-5-7-31-8-6-27)22-10-18-14-28(15-19(18)11-22)23(30)29-16-20(24)12-25-29/h2-4,9,12,16,18-19,22H,5-8,10-11,13-15H2,1H3/t18-,19+,22+. The Morgan fingerprint density at radius 3 is 2.65 bits per heavy atom. The molecule has 2 saturated heterocycles. The Labute approximate surface area is 188 Å². The average Bonchev–Trinajstić information content (AvgIpc) is 3.49. The Hall–Kier alpha value is -2.09. The number of fused-ring (bicyclic) bond motifs is 1. The molecule has 1 aliphatic carbocycles. The summed E-state index contributed by atoms with van der Waals surface area (Å²) in [6.07, 6.45) is 5.39. The number of carbonyl (C=O) groups is 1. The highest BCUT2D eigenvalue weighted by Gasteiger charge is 2.43. The number of amides is 1. The molecule has 0 bridgehead atoms. The van der Waals surface area contributed by atoms with Crippen LogP contribution in [0.15, 0.2) is 36.7 Å². The van der Waals surface area contributed by atoms with Gasteiger partial charge in [-0.05, 0) is 49.4 Å². The van der Waals surface area contributed by atoms with E-state index >= 15 is 0 Å². The van der Waals surface area contributed by atoms with Crippen LogP contribution in [0.4, 0.5) is 10.5 Å². The van der Waals surface area contributed by atoms with Gasteiger partial charge in [0.2, 0.25) is 0 Å². The minimum absolute atomic E-state index is 0.0638. The largest absolute Gasteiger partial charge is 0.378 e. The monoisotopic (exact) mass is 443 g/mol. The van der Waals surface area contributed by atoms with Crippen molar-refractivity contribution in [2.24, 2.45) is 11.8 Å². The summed E-state index contributed by atoms with van der Waals surface area (Å²) >= 11 is 5.91. The minimum atomic E-state index is -0.0638. The molecule has 166 valence electrons. The summed E-state index contributed by atoms with van der Waals surface area (Å²) in [7, 11) is 2.24. The highest BCUT2D eigenvalue weighted by Crippen LogP contribution is 2.40. The lowest BCUT2D eigenvalue weighted by Gasteiger charge is -2.30. The van der Waals surface area contributed by atoms with Crippen LogP contribution in [0.3, 0.4) is 0 Å². The maximum Gasteiger partial charge on any atom is 0.344 e. The molecule has 8 heteroatoms. The zero-order valence-corrected chi connectivity index (χ0v) is 18.7. The van der Waals surface area contributed by atoms with Gasteiger partial charge in [0.1, 0.15) is 0 Å². The van der Waals surface area contributed by atoms with Crippen LogP contribution in [0.25, 0.3) is 0 Å². The van der Waals surface area contributed by atoms with Crippen LogP contribution in [-0.2, 0) is 11.3 Å². The number of morpholine rings is 1. The van der Waals surface area contributed by atoms with E-state index in [0.717, 1.165) is 58.8 Å². The predicted octanol–water partition coefficient (Wildman–Crippen LogP) is 3.18. The van der Waals surface area contributed by atoms with Crippen molar-refractivity contribution in [3.05, 3.63) is 47.2 Å². The molecule has 31 heavy (non-hydrogen) atoms. The first kappa shape index (κ1) is 20.8. The van der Waals surface area contributed by atoms with Gasteiger partial charge >= 0.3 is 6.03 Å². The van der Waals surface area contributed by atoms with Gasteiger partial charge in [-0.3, -0.25) is 4.90 Å². The number of aromatic nitrogens is 2. The van der Waals surface area contributed by atoms with Gasteiger partial charge in [0.25, 0.3) is 0 Å². The van der Waals surface area contributed by atoms with E-state index < -0.39 is 0 Å². The van der Waals surface area contributed by atoms with Crippen LogP contribution >= 0.6 is 11.6 Å². The number of likely N-dealkylation sites (tertiary alicyclic amines) is 1. The topological polar surface area (TPSA) is 53.8 Å². The Morgan fingerprint density at radius 2 is 1.97 bits per heavy atom. The van der Waals surface area contributed by atoms with E-state index in [1.54, 1.807) is 6.20 Å². The van der Waals surface area contributed by atoms with Gasteiger partial charge in [0.15, 0.2) is 0 Å². The van der Waals surface area contributed by atoms with Gasteiger partial charge in [-0.15, -0.1) is 0 Å². The molecule has 1 aromatic carbocycles. The van der Waals surface area contributed by atoms with E-state index in [-0.39, 0.29) is 6.03 Å². The molecule has 0 unspecified atom stereocenters. The van der Waals surface area contributed by atoms with E-state index in [1.807, 2.05) is 4.90 Å². The summed E-state index contributed by atoms with van der Waals surface area (Å²) in [6, 6.07) is 9.43. The second kappa shape index (κ2) is 8.81. The fraction of sp³-hybridized carbons (Fsp3) is 0.565. The maximum atomic E-state index is 12.7. The van der Waals surface area contributed by atoms with Crippen LogP contribution in [0.2, 0.25) is 5.02 Å². The fourth-order valence-corrected chi connectivity index (χ4v) is 5.56. The van der Waals surface area contributed by atoms with E-state index in [2.05, 4.69) is 46.2 Å². The van der Waals surface area contributed by atoms with Crippen molar-refractivity contribution in [2.45, 2.75) is 25.4 Å². The Morgan fingerprint density at radius 1 is 1.23 bits per heavy atom. The Balaban J connectivity index is 1.16. The molecule has 3 heterocycles. The van der Waals surface area contributed by atoms with E-state index in [4.69, 9.17) is 16.3 Å². The molecule has 7 nitrogen and oxygen atoms in total. The van der Waals surface area contributed by atoms with E-state index in [0.29, 0.717) is 22.9 Å².